The molecule has 2 N–H and O–H groups in total. The third-order valence-corrected chi connectivity index (χ3v) is 7.99. The first-order chi connectivity index (χ1) is 9.28. The van der Waals surface area contributed by atoms with Crippen LogP contribution in [0.25, 0.3) is 0 Å². The van der Waals surface area contributed by atoms with Crippen LogP contribution < -0.4 is 4.72 Å². The van der Waals surface area contributed by atoms with Gasteiger partial charge in [0.05, 0.1) is 19.7 Å². The SMILES string of the molecule is CC1CCCC(CO)(NS(=O)(=O)c2cc(Br)sc2Br)C1. The maximum absolute atomic E-state index is 12.5. The molecule has 0 radical (unpaired) electrons. The quantitative estimate of drug-likeness (QED) is 0.743. The smallest absolute Gasteiger partial charge is 0.243 e. The first-order valence-electron chi connectivity index (χ1n) is 6.38. The van der Waals surface area contributed by atoms with Gasteiger partial charge in [0.1, 0.15) is 4.90 Å². The molecule has 1 aliphatic carbocycles. The molecule has 0 aliphatic heterocycles. The molecule has 114 valence electrons. The van der Waals surface area contributed by atoms with E-state index in [1.165, 1.54) is 11.3 Å². The summed E-state index contributed by atoms with van der Waals surface area (Å²) in [6.45, 7) is 1.93. The lowest BCUT2D eigenvalue weighted by Crippen LogP contribution is -2.53. The van der Waals surface area contributed by atoms with E-state index in [4.69, 9.17) is 0 Å². The van der Waals surface area contributed by atoms with Gasteiger partial charge in [-0.1, -0.05) is 19.8 Å². The molecule has 1 aromatic heterocycles. The van der Waals surface area contributed by atoms with E-state index in [9.17, 15) is 13.5 Å². The zero-order chi connectivity index (χ0) is 15.0. The molecule has 1 heterocycles. The minimum atomic E-state index is -3.64. The first-order valence-corrected chi connectivity index (χ1v) is 10.3. The standard InChI is InChI=1S/C12H17Br2NO3S2/c1-8-3-2-4-12(6-8,7-16)15-20(17,18)9-5-10(13)19-11(9)14/h5,8,15-16H,2-4,6-7H2,1H3. The van der Waals surface area contributed by atoms with Crippen LogP contribution in [-0.4, -0.2) is 25.7 Å². The lowest BCUT2D eigenvalue weighted by molar-refractivity contribution is 0.119. The molecule has 0 bridgehead atoms. The summed E-state index contributed by atoms with van der Waals surface area (Å²) < 4.78 is 29.1. The number of hydrogen-bond donors (Lipinski definition) is 2. The molecule has 4 nitrogen and oxygen atoms in total. The third kappa shape index (κ3) is 3.64. The largest absolute Gasteiger partial charge is 0.394 e. The second kappa shape index (κ2) is 6.34. The van der Waals surface area contributed by atoms with Crippen LogP contribution in [0.1, 0.15) is 32.6 Å². The number of halogens is 2. The summed E-state index contributed by atoms with van der Waals surface area (Å²) in [4.78, 5) is 0.223. The van der Waals surface area contributed by atoms with Crippen molar-refractivity contribution in [1.82, 2.24) is 4.72 Å². The Morgan fingerprint density at radius 1 is 1.55 bits per heavy atom. The summed E-state index contributed by atoms with van der Waals surface area (Å²) in [7, 11) is -3.64. The van der Waals surface area contributed by atoms with Gasteiger partial charge >= 0.3 is 0 Å². The molecule has 2 atom stereocenters. The summed E-state index contributed by atoms with van der Waals surface area (Å²) in [5.74, 6) is 0.413. The fourth-order valence-corrected chi connectivity index (χ4v) is 8.02. The Morgan fingerprint density at radius 3 is 2.75 bits per heavy atom. The van der Waals surface area contributed by atoms with Gasteiger partial charge in [-0.15, -0.1) is 11.3 Å². The highest BCUT2D eigenvalue weighted by atomic mass is 79.9. The molecule has 8 heteroatoms. The van der Waals surface area contributed by atoms with Gasteiger partial charge in [0.2, 0.25) is 10.0 Å². The maximum Gasteiger partial charge on any atom is 0.243 e. The Morgan fingerprint density at radius 2 is 2.25 bits per heavy atom. The summed E-state index contributed by atoms with van der Waals surface area (Å²) in [5.41, 5.74) is -0.732. The fraction of sp³-hybridized carbons (Fsp3) is 0.667. The highest BCUT2D eigenvalue weighted by Crippen LogP contribution is 2.37. The molecule has 2 unspecified atom stereocenters. The van der Waals surface area contributed by atoms with Gasteiger partial charge in [-0.2, -0.15) is 0 Å². The third-order valence-electron chi connectivity index (χ3n) is 3.66. The summed E-state index contributed by atoms with van der Waals surface area (Å²) in [6.07, 6.45) is 3.36. The van der Waals surface area contributed by atoms with Crippen molar-refractivity contribution in [1.29, 1.82) is 0 Å². The molecule has 20 heavy (non-hydrogen) atoms. The van der Waals surface area contributed by atoms with Crippen molar-refractivity contribution in [3.05, 3.63) is 13.6 Å². The highest BCUT2D eigenvalue weighted by Gasteiger charge is 2.39. The molecule has 1 saturated carbocycles. The van der Waals surface area contributed by atoms with Crippen molar-refractivity contribution in [2.24, 2.45) is 5.92 Å². The minimum Gasteiger partial charge on any atom is -0.394 e. The predicted octanol–water partition coefficient (Wildman–Crippen LogP) is 3.49. The number of sulfonamides is 1. The Kier molecular flexibility index (Phi) is 5.35. The van der Waals surface area contributed by atoms with Crippen LogP contribution >= 0.6 is 43.2 Å². The van der Waals surface area contributed by atoms with Gasteiger partial charge in [-0.25, -0.2) is 13.1 Å². The summed E-state index contributed by atoms with van der Waals surface area (Å²) in [5, 5.41) is 9.70. The number of aliphatic hydroxyl groups excluding tert-OH is 1. The van der Waals surface area contributed by atoms with E-state index in [0.717, 1.165) is 16.6 Å². The highest BCUT2D eigenvalue weighted by molar-refractivity contribution is 9.12. The van der Waals surface area contributed by atoms with Gasteiger partial charge in [0.25, 0.3) is 0 Å². The Balaban J connectivity index is 2.28. The lowest BCUT2D eigenvalue weighted by Gasteiger charge is -2.38. The lowest BCUT2D eigenvalue weighted by atomic mass is 9.78. The Hall–Kier alpha value is 0.530. The van der Waals surface area contributed by atoms with Crippen molar-refractivity contribution in [3.8, 4) is 0 Å². The van der Waals surface area contributed by atoms with E-state index in [2.05, 4.69) is 43.5 Å². The van der Waals surface area contributed by atoms with E-state index in [1.54, 1.807) is 6.07 Å². The second-order valence-corrected chi connectivity index (χ2v) is 10.8. The normalized spacial score (nSPS) is 27.7. The van der Waals surface area contributed by atoms with Crippen LogP contribution in [0.4, 0.5) is 0 Å². The average molecular weight is 447 g/mol. The predicted molar refractivity (Wildman–Crippen MR) is 87.5 cm³/mol. The first kappa shape index (κ1) is 16.9. The van der Waals surface area contributed by atoms with Crippen LogP contribution in [0.5, 0.6) is 0 Å². The van der Waals surface area contributed by atoms with Crippen molar-refractivity contribution < 1.29 is 13.5 Å². The average Bonchev–Trinajstić information content (AvgIpc) is 2.69. The van der Waals surface area contributed by atoms with Gasteiger partial charge in [-0.05, 0) is 56.7 Å². The molecule has 1 fully saturated rings. The zero-order valence-corrected chi connectivity index (χ0v) is 15.8. The van der Waals surface area contributed by atoms with Crippen molar-refractivity contribution in [2.45, 2.75) is 43.0 Å². The molecule has 1 aliphatic rings. The molecule has 0 saturated heterocycles. The molecular formula is C12H17Br2NO3S2. The van der Waals surface area contributed by atoms with Gasteiger partial charge in [0.15, 0.2) is 0 Å². The van der Waals surface area contributed by atoms with E-state index in [1.807, 2.05) is 0 Å². The number of hydrogen-bond acceptors (Lipinski definition) is 4. The van der Waals surface area contributed by atoms with Crippen molar-refractivity contribution in [3.63, 3.8) is 0 Å². The number of aliphatic hydroxyl groups is 1. The van der Waals surface area contributed by atoms with Crippen molar-refractivity contribution in [2.75, 3.05) is 6.61 Å². The van der Waals surface area contributed by atoms with E-state index in [-0.39, 0.29) is 11.5 Å². The van der Waals surface area contributed by atoms with Gasteiger partial charge in [0, 0.05) is 0 Å². The van der Waals surface area contributed by atoms with Crippen LogP contribution in [0, 0.1) is 5.92 Å². The maximum atomic E-state index is 12.5. The van der Waals surface area contributed by atoms with Gasteiger partial charge in [-0.3, -0.25) is 0 Å². The number of rotatable bonds is 4. The second-order valence-electron chi connectivity index (χ2n) is 5.43. The van der Waals surface area contributed by atoms with Crippen LogP contribution in [0.3, 0.4) is 0 Å². The molecular weight excluding hydrogens is 430 g/mol. The summed E-state index contributed by atoms with van der Waals surface area (Å²) >= 11 is 7.88. The molecule has 0 spiro atoms. The number of thiophene rings is 1. The van der Waals surface area contributed by atoms with Gasteiger partial charge < -0.3 is 5.11 Å². The fourth-order valence-electron chi connectivity index (χ4n) is 2.78. The Bertz CT molecular complexity index is 588. The van der Waals surface area contributed by atoms with Crippen molar-refractivity contribution >= 4 is 53.2 Å². The molecule has 0 amide bonds. The van der Waals surface area contributed by atoms with E-state index < -0.39 is 15.6 Å². The van der Waals surface area contributed by atoms with E-state index >= 15 is 0 Å². The van der Waals surface area contributed by atoms with E-state index in [0.29, 0.717) is 22.5 Å². The van der Waals surface area contributed by atoms with Crippen LogP contribution in [-0.2, 0) is 10.0 Å². The van der Waals surface area contributed by atoms with Crippen LogP contribution in [0.15, 0.2) is 18.5 Å². The molecule has 1 aromatic rings. The Labute approximate surface area is 140 Å². The number of nitrogens with one attached hydrogen (secondary N) is 1. The minimum absolute atomic E-state index is 0.167. The molecule has 2 rings (SSSR count). The topological polar surface area (TPSA) is 66.4 Å². The zero-order valence-electron chi connectivity index (χ0n) is 11.0. The molecule has 0 aromatic carbocycles. The monoisotopic (exact) mass is 445 g/mol. The summed E-state index contributed by atoms with van der Waals surface area (Å²) in [6, 6.07) is 1.58. The van der Waals surface area contributed by atoms with Crippen LogP contribution in [0.2, 0.25) is 0 Å².